The molecule has 2 aliphatic rings. The van der Waals surface area contributed by atoms with E-state index in [9.17, 15) is 0 Å². The summed E-state index contributed by atoms with van der Waals surface area (Å²) < 4.78 is 2.69. The van der Waals surface area contributed by atoms with E-state index in [0.29, 0.717) is 0 Å². The number of hydrogen-bond acceptors (Lipinski definition) is 3. The van der Waals surface area contributed by atoms with Crippen LogP contribution in [0, 0.1) is 0 Å². The van der Waals surface area contributed by atoms with Crippen molar-refractivity contribution in [2.45, 2.75) is 5.41 Å². The van der Waals surface area contributed by atoms with Crippen LogP contribution in [0.3, 0.4) is 0 Å². The molecular formula is C55H36N2S. The highest BCUT2D eigenvalue weighted by Crippen LogP contribution is 2.65. The van der Waals surface area contributed by atoms with Gasteiger partial charge in [-0.2, -0.15) is 0 Å². The van der Waals surface area contributed by atoms with Crippen LogP contribution in [0.25, 0.3) is 42.4 Å². The third kappa shape index (κ3) is 4.71. The molecule has 1 aromatic heterocycles. The SMILES string of the molecule is c1ccc(N(c2ccccc2)c2ccc3c(c2)-c2ccc(N(c4ccccc4)c4ccccc4)cc2C32c3ccccc3-c3c2ccc2c3sc3ccccc32)cc1. The molecule has 272 valence electrons. The van der Waals surface area contributed by atoms with Gasteiger partial charge in [0.25, 0.3) is 0 Å². The molecular weight excluding hydrogens is 721 g/mol. The van der Waals surface area contributed by atoms with Gasteiger partial charge in [0.1, 0.15) is 0 Å². The molecule has 2 nitrogen and oxygen atoms in total. The van der Waals surface area contributed by atoms with Crippen LogP contribution in [0.2, 0.25) is 0 Å². The molecule has 0 bridgehead atoms. The van der Waals surface area contributed by atoms with Crippen molar-refractivity contribution in [2.24, 2.45) is 0 Å². The van der Waals surface area contributed by atoms with Crippen molar-refractivity contribution in [1.82, 2.24) is 0 Å². The smallest absolute Gasteiger partial charge is 0.0726 e. The van der Waals surface area contributed by atoms with Gasteiger partial charge in [-0.15, -0.1) is 11.3 Å². The normalized spacial score (nSPS) is 14.6. The van der Waals surface area contributed by atoms with Gasteiger partial charge >= 0.3 is 0 Å². The van der Waals surface area contributed by atoms with Crippen molar-refractivity contribution in [2.75, 3.05) is 9.80 Å². The van der Waals surface area contributed by atoms with Crippen molar-refractivity contribution < 1.29 is 0 Å². The molecule has 0 fully saturated rings. The van der Waals surface area contributed by atoms with E-state index in [1.165, 1.54) is 64.7 Å². The Morgan fingerprint density at radius 3 is 1.45 bits per heavy atom. The molecule has 1 spiro atoms. The molecule has 2 aliphatic carbocycles. The Kier molecular flexibility index (Phi) is 7.35. The average molecular weight is 757 g/mol. The number of nitrogens with zero attached hydrogens (tertiary/aromatic N) is 2. The molecule has 1 unspecified atom stereocenters. The van der Waals surface area contributed by atoms with Crippen LogP contribution in [0.5, 0.6) is 0 Å². The maximum absolute atomic E-state index is 2.49. The van der Waals surface area contributed by atoms with Gasteiger partial charge in [0.15, 0.2) is 0 Å². The molecule has 1 atom stereocenters. The van der Waals surface area contributed by atoms with Gasteiger partial charge in [-0.05, 0) is 118 Å². The van der Waals surface area contributed by atoms with Crippen molar-refractivity contribution in [3.8, 4) is 22.3 Å². The molecule has 58 heavy (non-hydrogen) atoms. The summed E-state index contributed by atoms with van der Waals surface area (Å²) in [6.45, 7) is 0. The Hall–Kier alpha value is -7.20. The van der Waals surface area contributed by atoms with E-state index in [1.54, 1.807) is 0 Å². The van der Waals surface area contributed by atoms with Gasteiger partial charge in [-0.1, -0.05) is 140 Å². The predicted molar refractivity (Wildman–Crippen MR) is 245 cm³/mol. The zero-order valence-corrected chi connectivity index (χ0v) is 32.4. The highest BCUT2D eigenvalue weighted by Gasteiger charge is 2.52. The summed E-state index contributed by atoms with van der Waals surface area (Å²) in [6, 6.07) is 80.3. The van der Waals surface area contributed by atoms with Gasteiger partial charge < -0.3 is 9.80 Å². The summed E-state index contributed by atoms with van der Waals surface area (Å²) in [5.41, 5.74) is 16.8. The number of anilines is 6. The maximum Gasteiger partial charge on any atom is 0.0726 e. The van der Waals surface area contributed by atoms with Crippen LogP contribution in [0.1, 0.15) is 22.3 Å². The first-order valence-electron chi connectivity index (χ1n) is 19.9. The second-order valence-electron chi connectivity index (χ2n) is 15.2. The standard InChI is InChI=1S/C55H36N2S/c1-5-17-37(18-6-1)56(38-19-7-2-8-20-38)41-30-33-49-47(35-41)43-31-29-42(57(39-21-9-3-10-22-39)40-23-11-4-12-24-40)36-51(43)55(49)48-27-15-13-26-46(48)53-50(55)34-32-45-44-25-14-16-28-52(44)58-54(45)53/h1-36H. The highest BCUT2D eigenvalue weighted by atomic mass is 32.1. The Morgan fingerprint density at radius 1 is 0.310 bits per heavy atom. The van der Waals surface area contributed by atoms with Crippen molar-refractivity contribution >= 4 is 65.6 Å². The maximum atomic E-state index is 2.49. The number of hydrogen-bond donors (Lipinski definition) is 0. The molecule has 10 aromatic rings. The Labute approximate surface area is 342 Å². The number of benzene rings is 9. The molecule has 9 aromatic carbocycles. The van der Waals surface area contributed by atoms with E-state index < -0.39 is 5.41 Å². The molecule has 0 amide bonds. The topological polar surface area (TPSA) is 6.48 Å². The fraction of sp³-hybridized carbons (Fsp3) is 0.0182. The second kappa shape index (κ2) is 12.9. The molecule has 0 aliphatic heterocycles. The van der Waals surface area contributed by atoms with E-state index in [4.69, 9.17) is 0 Å². The van der Waals surface area contributed by atoms with Crippen molar-refractivity contribution in [1.29, 1.82) is 0 Å². The van der Waals surface area contributed by atoms with Crippen LogP contribution in [0.15, 0.2) is 218 Å². The zero-order valence-electron chi connectivity index (χ0n) is 31.6. The fourth-order valence-corrected chi connectivity index (χ4v) is 11.2. The lowest BCUT2D eigenvalue weighted by Crippen LogP contribution is -2.26. The quantitative estimate of drug-likeness (QED) is 0.167. The summed E-state index contributed by atoms with van der Waals surface area (Å²) in [5.74, 6) is 0. The monoisotopic (exact) mass is 756 g/mol. The summed E-state index contributed by atoms with van der Waals surface area (Å²) in [7, 11) is 0. The van der Waals surface area contributed by atoms with E-state index >= 15 is 0 Å². The lowest BCUT2D eigenvalue weighted by Gasteiger charge is -2.32. The van der Waals surface area contributed by atoms with Gasteiger partial charge in [-0.3, -0.25) is 0 Å². The van der Waals surface area contributed by atoms with Gasteiger partial charge in [0, 0.05) is 59.9 Å². The van der Waals surface area contributed by atoms with E-state index in [0.717, 1.165) is 34.1 Å². The Bertz CT molecular complexity index is 3090. The van der Waals surface area contributed by atoms with Gasteiger partial charge in [0.2, 0.25) is 0 Å². The minimum atomic E-state index is -0.529. The Balaban J connectivity index is 1.17. The second-order valence-corrected chi connectivity index (χ2v) is 16.3. The summed E-state index contributed by atoms with van der Waals surface area (Å²) in [4.78, 5) is 4.77. The predicted octanol–water partition coefficient (Wildman–Crippen LogP) is 15.3. The largest absolute Gasteiger partial charge is 0.310 e. The minimum absolute atomic E-state index is 0.529. The lowest BCUT2D eigenvalue weighted by molar-refractivity contribution is 0.794. The van der Waals surface area contributed by atoms with Crippen LogP contribution in [-0.4, -0.2) is 0 Å². The number of thiophene rings is 1. The van der Waals surface area contributed by atoms with E-state index in [2.05, 4.69) is 228 Å². The summed E-state index contributed by atoms with van der Waals surface area (Å²) >= 11 is 1.92. The van der Waals surface area contributed by atoms with Gasteiger partial charge in [0.05, 0.1) is 5.41 Å². The summed E-state index contributed by atoms with van der Waals surface area (Å²) in [6.07, 6.45) is 0. The number of para-hydroxylation sites is 4. The lowest BCUT2D eigenvalue weighted by atomic mass is 9.70. The van der Waals surface area contributed by atoms with Gasteiger partial charge in [-0.25, -0.2) is 0 Å². The molecule has 12 rings (SSSR count). The van der Waals surface area contributed by atoms with Crippen LogP contribution in [-0.2, 0) is 5.41 Å². The fourth-order valence-electron chi connectivity index (χ4n) is 9.91. The molecule has 0 radical (unpaired) electrons. The molecule has 0 saturated heterocycles. The van der Waals surface area contributed by atoms with Crippen molar-refractivity contribution in [3.63, 3.8) is 0 Å². The highest BCUT2D eigenvalue weighted by molar-refractivity contribution is 7.26. The first kappa shape index (κ1) is 33.0. The molecule has 0 N–H and O–H groups in total. The first-order chi connectivity index (χ1) is 28.8. The zero-order chi connectivity index (χ0) is 38.2. The molecule has 3 heteroatoms. The molecule has 1 heterocycles. The van der Waals surface area contributed by atoms with Crippen LogP contribution >= 0.6 is 11.3 Å². The third-order valence-electron chi connectivity index (χ3n) is 12.2. The Morgan fingerprint density at radius 2 is 0.810 bits per heavy atom. The third-order valence-corrected chi connectivity index (χ3v) is 13.4. The first-order valence-corrected chi connectivity index (χ1v) is 20.8. The van der Waals surface area contributed by atoms with Crippen molar-refractivity contribution in [3.05, 3.63) is 241 Å². The van der Waals surface area contributed by atoms with Crippen LogP contribution in [0.4, 0.5) is 34.1 Å². The number of rotatable bonds is 6. The minimum Gasteiger partial charge on any atom is -0.310 e. The molecule has 0 saturated carbocycles. The average Bonchev–Trinajstić information content (AvgIpc) is 3.92. The number of fused-ring (bicyclic) bond motifs is 14. The summed E-state index contributed by atoms with van der Waals surface area (Å²) in [5, 5.41) is 2.65. The van der Waals surface area contributed by atoms with E-state index in [-0.39, 0.29) is 0 Å². The van der Waals surface area contributed by atoms with E-state index in [1.807, 2.05) is 11.3 Å². The van der Waals surface area contributed by atoms with Crippen LogP contribution < -0.4 is 9.80 Å².